The Kier molecular flexibility index (Phi) is 4.52. The van der Waals surface area contributed by atoms with E-state index in [0.29, 0.717) is 18.8 Å². The van der Waals surface area contributed by atoms with Crippen molar-refractivity contribution >= 4 is 17.7 Å². The van der Waals surface area contributed by atoms with Gasteiger partial charge in [0.25, 0.3) is 0 Å². The van der Waals surface area contributed by atoms with Gasteiger partial charge in [-0.05, 0) is 19.1 Å². The van der Waals surface area contributed by atoms with Crippen molar-refractivity contribution in [1.82, 2.24) is 9.88 Å². The number of aryl methyl sites for hydroxylation is 1. The molecule has 1 aromatic heterocycles. The largest absolute Gasteiger partial charge is 0.481 e. The highest BCUT2D eigenvalue weighted by Gasteiger charge is 2.25. The molecule has 1 aliphatic heterocycles. The molecular formula is C13H17N3O4. The Hall–Kier alpha value is -2.15. The van der Waals surface area contributed by atoms with Gasteiger partial charge in [0, 0.05) is 18.8 Å². The molecule has 2 rings (SSSR count). The number of hydrogen-bond acceptors (Lipinski definition) is 4. The number of nitrogens with zero attached hydrogens (tertiary/aromatic N) is 2. The maximum atomic E-state index is 12.1. The highest BCUT2D eigenvalue weighted by Crippen LogP contribution is 2.12. The number of carbonyl (C=O) groups is 2. The molecule has 0 aliphatic carbocycles. The predicted octanol–water partition coefficient (Wildman–Crippen LogP) is 1.10. The van der Waals surface area contributed by atoms with Crippen molar-refractivity contribution in [2.45, 2.75) is 19.4 Å². The van der Waals surface area contributed by atoms with E-state index in [9.17, 15) is 9.59 Å². The summed E-state index contributed by atoms with van der Waals surface area (Å²) in [7, 11) is 0. The second-order valence-electron chi connectivity index (χ2n) is 4.66. The summed E-state index contributed by atoms with van der Waals surface area (Å²) in [6.45, 7) is 2.93. The average molecular weight is 279 g/mol. The number of hydrogen-bond donors (Lipinski definition) is 2. The van der Waals surface area contributed by atoms with Crippen LogP contribution in [0.25, 0.3) is 0 Å². The lowest BCUT2D eigenvalue weighted by molar-refractivity contribution is -0.141. The van der Waals surface area contributed by atoms with Crippen LogP contribution in [0.2, 0.25) is 0 Å². The molecule has 0 spiro atoms. The van der Waals surface area contributed by atoms with Gasteiger partial charge in [0.1, 0.15) is 0 Å². The van der Waals surface area contributed by atoms with E-state index < -0.39 is 12.1 Å². The molecule has 7 nitrogen and oxygen atoms in total. The summed E-state index contributed by atoms with van der Waals surface area (Å²) in [6, 6.07) is 3.31. The van der Waals surface area contributed by atoms with Crippen LogP contribution in [-0.4, -0.2) is 52.8 Å². The molecule has 2 heterocycles. The molecule has 0 saturated carbocycles. The van der Waals surface area contributed by atoms with E-state index in [0.717, 1.165) is 5.69 Å². The number of amides is 2. The molecule has 1 aliphatic rings. The molecule has 7 heteroatoms. The Labute approximate surface area is 116 Å². The molecule has 0 aromatic carbocycles. The Morgan fingerprint density at radius 2 is 2.35 bits per heavy atom. The van der Waals surface area contributed by atoms with Gasteiger partial charge in [-0.25, -0.2) is 4.79 Å². The molecule has 2 N–H and O–H groups in total. The number of urea groups is 1. The van der Waals surface area contributed by atoms with Crippen LogP contribution in [-0.2, 0) is 9.53 Å². The van der Waals surface area contributed by atoms with Gasteiger partial charge < -0.3 is 20.1 Å². The Morgan fingerprint density at radius 1 is 1.55 bits per heavy atom. The number of morpholine rings is 1. The van der Waals surface area contributed by atoms with Crippen LogP contribution in [0.1, 0.15) is 12.1 Å². The lowest BCUT2D eigenvalue weighted by Gasteiger charge is -2.32. The summed E-state index contributed by atoms with van der Waals surface area (Å²) in [5.41, 5.74) is 1.48. The topological polar surface area (TPSA) is 91.8 Å². The molecule has 1 saturated heterocycles. The highest BCUT2D eigenvalue weighted by atomic mass is 16.5. The normalized spacial score (nSPS) is 18.6. The maximum absolute atomic E-state index is 12.1. The van der Waals surface area contributed by atoms with Crippen molar-refractivity contribution in [2.24, 2.45) is 0 Å². The zero-order valence-electron chi connectivity index (χ0n) is 11.2. The molecular weight excluding hydrogens is 262 g/mol. The van der Waals surface area contributed by atoms with E-state index >= 15 is 0 Å². The Balaban J connectivity index is 1.91. The van der Waals surface area contributed by atoms with Gasteiger partial charge in [0.2, 0.25) is 0 Å². The molecule has 1 unspecified atom stereocenters. The minimum atomic E-state index is -0.931. The van der Waals surface area contributed by atoms with E-state index in [1.54, 1.807) is 17.2 Å². The van der Waals surface area contributed by atoms with Crippen LogP contribution in [0.15, 0.2) is 18.3 Å². The number of carboxylic acid groups (broad SMARTS) is 1. The minimum absolute atomic E-state index is 0.101. The van der Waals surface area contributed by atoms with Crippen molar-refractivity contribution < 1.29 is 19.4 Å². The number of carbonyl (C=O) groups excluding carboxylic acids is 1. The molecule has 20 heavy (non-hydrogen) atoms. The summed E-state index contributed by atoms with van der Waals surface area (Å²) >= 11 is 0. The molecule has 2 amide bonds. The quantitative estimate of drug-likeness (QED) is 0.864. The first kappa shape index (κ1) is 14.3. The highest BCUT2D eigenvalue weighted by molar-refractivity contribution is 5.89. The third-order valence-corrected chi connectivity index (χ3v) is 2.99. The Morgan fingerprint density at radius 3 is 3.00 bits per heavy atom. The number of anilines is 1. The van der Waals surface area contributed by atoms with Gasteiger partial charge in [-0.3, -0.25) is 9.78 Å². The number of aromatic nitrogens is 1. The van der Waals surface area contributed by atoms with Gasteiger partial charge in [0.15, 0.2) is 0 Å². The lowest BCUT2D eigenvalue weighted by Crippen LogP contribution is -2.47. The fraction of sp³-hybridized carbons (Fsp3) is 0.462. The van der Waals surface area contributed by atoms with Crippen LogP contribution >= 0.6 is 0 Å². The van der Waals surface area contributed by atoms with Crippen molar-refractivity contribution in [3.63, 3.8) is 0 Å². The average Bonchev–Trinajstić information content (AvgIpc) is 2.41. The van der Waals surface area contributed by atoms with Crippen LogP contribution in [0, 0.1) is 6.92 Å². The van der Waals surface area contributed by atoms with Gasteiger partial charge in [-0.1, -0.05) is 0 Å². The number of ether oxygens (including phenoxy) is 1. The summed E-state index contributed by atoms with van der Waals surface area (Å²) in [5.74, 6) is -0.931. The molecule has 1 aromatic rings. The van der Waals surface area contributed by atoms with Crippen molar-refractivity contribution in [3.8, 4) is 0 Å². The number of nitrogens with one attached hydrogen (secondary N) is 1. The zero-order chi connectivity index (χ0) is 14.5. The molecule has 1 atom stereocenters. The van der Waals surface area contributed by atoms with Crippen LogP contribution < -0.4 is 5.32 Å². The second-order valence-corrected chi connectivity index (χ2v) is 4.66. The number of carboxylic acids is 1. The van der Waals surface area contributed by atoms with Gasteiger partial charge in [0.05, 0.1) is 31.0 Å². The van der Waals surface area contributed by atoms with Gasteiger partial charge in [-0.15, -0.1) is 0 Å². The first-order valence-electron chi connectivity index (χ1n) is 6.36. The third kappa shape index (κ3) is 3.92. The van der Waals surface area contributed by atoms with E-state index in [1.165, 1.54) is 0 Å². The summed E-state index contributed by atoms with van der Waals surface area (Å²) < 4.78 is 5.32. The third-order valence-electron chi connectivity index (χ3n) is 2.99. The van der Waals surface area contributed by atoms with Crippen LogP contribution in [0.3, 0.4) is 0 Å². The SMILES string of the molecule is Cc1ccc(NC(=O)N2CCOC(CC(=O)O)C2)cn1. The monoisotopic (exact) mass is 279 g/mol. The van der Waals surface area contributed by atoms with Crippen molar-refractivity contribution in [1.29, 1.82) is 0 Å². The van der Waals surface area contributed by atoms with Crippen LogP contribution in [0.5, 0.6) is 0 Å². The molecule has 108 valence electrons. The van der Waals surface area contributed by atoms with Crippen molar-refractivity contribution in [2.75, 3.05) is 25.0 Å². The minimum Gasteiger partial charge on any atom is -0.481 e. The standard InChI is InChI=1S/C13H17N3O4/c1-9-2-3-10(7-14-9)15-13(19)16-4-5-20-11(8-16)6-12(17)18/h2-3,7,11H,4-6,8H2,1H3,(H,15,19)(H,17,18). The Bertz CT molecular complexity index is 489. The molecule has 1 fully saturated rings. The molecule has 0 radical (unpaired) electrons. The summed E-state index contributed by atoms with van der Waals surface area (Å²) in [4.78, 5) is 28.4. The fourth-order valence-corrected chi connectivity index (χ4v) is 1.97. The number of pyridine rings is 1. The lowest BCUT2D eigenvalue weighted by atomic mass is 10.2. The summed E-state index contributed by atoms with van der Waals surface area (Å²) in [6.07, 6.45) is 1.03. The summed E-state index contributed by atoms with van der Waals surface area (Å²) in [5, 5.41) is 11.5. The van der Waals surface area contributed by atoms with Crippen LogP contribution in [0.4, 0.5) is 10.5 Å². The van der Waals surface area contributed by atoms with E-state index in [1.807, 2.05) is 13.0 Å². The van der Waals surface area contributed by atoms with E-state index in [-0.39, 0.29) is 19.0 Å². The van der Waals surface area contributed by atoms with Gasteiger partial charge in [-0.2, -0.15) is 0 Å². The fourth-order valence-electron chi connectivity index (χ4n) is 1.97. The second kappa shape index (κ2) is 6.33. The smallest absolute Gasteiger partial charge is 0.322 e. The number of aliphatic carboxylic acids is 1. The van der Waals surface area contributed by atoms with Crippen molar-refractivity contribution in [3.05, 3.63) is 24.0 Å². The molecule has 0 bridgehead atoms. The zero-order valence-corrected chi connectivity index (χ0v) is 11.2. The first-order chi connectivity index (χ1) is 9.54. The maximum Gasteiger partial charge on any atom is 0.322 e. The number of rotatable bonds is 3. The first-order valence-corrected chi connectivity index (χ1v) is 6.36. The van der Waals surface area contributed by atoms with Gasteiger partial charge >= 0.3 is 12.0 Å². The van der Waals surface area contributed by atoms with E-state index in [2.05, 4.69) is 10.3 Å². The van der Waals surface area contributed by atoms with E-state index in [4.69, 9.17) is 9.84 Å². The predicted molar refractivity (Wildman–Crippen MR) is 71.6 cm³/mol.